The summed E-state index contributed by atoms with van der Waals surface area (Å²) < 4.78 is 5.53. The Morgan fingerprint density at radius 3 is 1.33 bits per heavy atom. The summed E-state index contributed by atoms with van der Waals surface area (Å²) >= 11 is 0. The molecule has 3 heteroatoms. The van der Waals surface area contributed by atoms with Crippen LogP contribution in [-0.2, 0) is 10.2 Å². The smallest absolute Gasteiger partial charge is 0.279 e. The molecule has 3 rings (SSSR count). The van der Waals surface area contributed by atoms with Crippen molar-refractivity contribution in [2.24, 2.45) is 5.73 Å². The summed E-state index contributed by atoms with van der Waals surface area (Å²) in [6, 6.07) is 30.3. The molecule has 0 heterocycles. The minimum atomic E-state index is -0.532. The number of amidine groups is 1. The molecule has 0 radical (unpaired) electrons. The van der Waals surface area contributed by atoms with Crippen LogP contribution < -0.4 is 5.73 Å². The highest BCUT2D eigenvalue weighted by atomic mass is 16.5. The molecule has 3 aromatic rings. The summed E-state index contributed by atoms with van der Waals surface area (Å²) in [4.78, 5) is 0. The molecule has 3 nitrogen and oxygen atoms in total. The second kappa shape index (κ2) is 7.01. The molecule has 0 spiro atoms. The van der Waals surface area contributed by atoms with E-state index in [1.807, 2.05) is 54.6 Å². The van der Waals surface area contributed by atoms with Gasteiger partial charge in [0.1, 0.15) is 6.61 Å². The molecular weight excluding hydrogens is 296 g/mol. The molecule has 0 bridgehead atoms. The van der Waals surface area contributed by atoms with E-state index >= 15 is 0 Å². The van der Waals surface area contributed by atoms with Crippen LogP contribution >= 0.6 is 0 Å². The average molecular weight is 316 g/mol. The lowest BCUT2D eigenvalue weighted by molar-refractivity contribution is 0.247. The molecule has 3 aromatic carbocycles. The molecule has 0 aromatic heterocycles. The number of benzene rings is 3. The highest BCUT2D eigenvalue weighted by Gasteiger charge is 2.37. The van der Waals surface area contributed by atoms with Crippen molar-refractivity contribution >= 4 is 6.02 Å². The van der Waals surface area contributed by atoms with Gasteiger partial charge in [-0.15, -0.1) is 0 Å². The highest BCUT2D eigenvalue weighted by Crippen LogP contribution is 2.39. The number of rotatable bonds is 5. The van der Waals surface area contributed by atoms with Gasteiger partial charge in [0.15, 0.2) is 0 Å². The van der Waals surface area contributed by atoms with Crippen LogP contribution in [0.5, 0.6) is 0 Å². The fraction of sp³-hybridized carbons (Fsp3) is 0.0952. The van der Waals surface area contributed by atoms with E-state index in [4.69, 9.17) is 15.9 Å². The van der Waals surface area contributed by atoms with Gasteiger partial charge in [0.25, 0.3) is 6.02 Å². The Hall–Kier alpha value is -3.07. The first-order valence-corrected chi connectivity index (χ1v) is 7.87. The SMILES string of the molecule is N=C(N)OCC(c1ccccc1)(c1ccccc1)c1ccccc1. The Kier molecular flexibility index (Phi) is 4.62. The number of hydrogen-bond donors (Lipinski definition) is 2. The lowest BCUT2D eigenvalue weighted by atomic mass is 9.70. The Bertz CT molecular complexity index is 689. The number of hydrogen-bond acceptors (Lipinski definition) is 2. The zero-order chi connectivity index (χ0) is 16.8. The van der Waals surface area contributed by atoms with E-state index in [1.165, 1.54) is 0 Å². The van der Waals surface area contributed by atoms with Crippen molar-refractivity contribution in [1.82, 2.24) is 0 Å². The number of ether oxygens (including phenoxy) is 1. The first kappa shape index (κ1) is 15.8. The molecule has 0 aliphatic heterocycles. The normalized spacial score (nSPS) is 11.0. The van der Waals surface area contributed by atoms with Crippen molar-refractivity contribution in [2.45, 2.75) is 5.41 Å². The van der Waals surface area contributed by atoms with Crippen molar-refractivity contribution in [2.75, 3.05) is 6.61 Å². The molecule has 24 heavy (non-hydrogen) atoms. The van der Waals surface area contributed by atoms with E-state index in [2.05, 4.69) is 36.4 Å². The van der Waals surface area contributed by atoms with Gasteiger partial charge in [-0.1, -0.05) is 91.0 Å². The van der Waals surface area contributed by atoms with Gasteiger partial charge in [-0.3, -0.25) is 5.41 Å². The summed E-state index contributed by atoms with van der Waals surface area (Å²) in [5, 5.41) is 7.52. The van der Waals surface area contributed by atoms with Crippen molar-refractivity contribution in [3.63, 3.8) is 0 Å². The van der Waals surface area contributed by atoms with Crippen molar-refractivity contribution in [3.8, 4) is 0 Å². The fourth-order valence-corrected chi connectivity index (χ4v) is 3.10. The van der Waals surface area contributed by atoms with Crippen LogP contribution in [0.3, 0.4) is 0 Å². The Morgan fingerprint density at radius 1 is 0.708 bits per heavy atom. The molecular formula is C21H20N2O. The summed E-state index contributed by atoms with van der Waals surface area (Å²) in [5.74, 6) is 0. The molecule has 0 amide bonds. The van der Waals surface area contributed by atoms with Gasteiger partial charge in [0.2, 0.25) is 0 Å². The largest absolute Gasteiger partial charge is 0.464 e. The molecule has 0 unspecified atom stereocenters. The topological polar surface area (TPSA) is 59.1 Å². The van der Waals surface area contributed by atoms with Gasteiger partial charge < -0.3 is 10.5 Å². The molecule has 120 valence electrons. The zero-order valence-electron chi connectivity index (χ0n) is 13.4. The van der Waals surface area contributed by atoms with Crippen molar-refractivity contribution in [3.05, 3.63) is 108 Å². The maximum Gasteiger partial charge on any atom is 0.279 e. The minimum absolute atomic E-state index is 0.264. The Morgan fingerprint density at radius 2 is 1.04 bits per heavy atom. The molecule has 0 aliphatic carbocycles. The van der Waals surface area contributed by atoms with Crippen LogP contribution in [0.4, 0.5) is 0 Å². The van der Waals surface area contributed by atoms with E-state index in [9.17, 15) is 0 Å². The lowest BCUT2D eigenvalue weighted by Gasteiger charge is -2.35. The molecule has 0 saturated carbocycles. The van der Waals surface area contributed by atoms with Gasteiger partial charge in [-0.05, 0) is 16.7 Å². The molecule has 0 aliphatic rings. The third-order valence-corrected chi connectivity index (χ3v) is 4.24. The number of nitrogens with one attached hydrogen (secondary N) is 1. The van der Waals surface area contributed by atoms with Gasteiger partial charge in [0, 0.05) is 0 Å². The van der Waals surface area contributed by atoms with Gasteiger partial charge in [-0.25, -0.2) is 0 Å². The summed E-state index contributed by atoms with van der Waals surface area (Å²) in [5.41, 5.74) is 8.26. The second-order valence-corrected chi connectivity index (χ2v) is 5.66. The van der Waals surface area contributed by atoms with Crippen molar-refractivity contribution in [1.29, 1.82) is 5.41 Å². The first-order valence-electron chi connectivity index (χ1n) is 7.87. The zero-order valence-corrected chi connectivity index (χ0v) is 13.4. The third-order valence-electron chi connectivity index (χ3n) is 4.24. The second-order valence-electron chi connectivity index (χ2n) is 5.66. The predicted molar refractivity (Wildman–Crippen MR) is 97.1 cm³/mol. The average Bonchev–Trinajstić information content (AvgIpc) is 2.65. The third kappa shape index (κ3) is 3.01. The standard InChI is InChI=1S/C21H20N2O/c22-20(23)24-16-21(17-10-4-1-5-11-17,18-12-6-2-7-13-18)19-14-8-3-9-15-19/h1-15H,16H2,(H3,22,23). The van der Waals surface area contributed by atoms with Crippen LogP contribution in [0.25, 0.3) is 0 Å². The van der Waals surface area contributed by atoms with E-state index in [0.29, 0.717) is 0 Å². The van der Waals surface area contributed by atoms with E-state index in [-0.39, 0.29) is 12.6 Å². The van der Waals surface area contributed by atoms with E-state index < -0.39 is 5.41 Å². The molecule has 0 atom stereocenters. The monoisotopic (exact) mass is 316 g/mol. The minimum Gasteiger partial charge on any atom is -0.464 e. The summed E-state index contributed by atoms with van der Waals surface area (Å²) in [6.07, 6.45) is 0. The van der Waals surface area contributed by atoms with E-state index in [0.717, 1.165) is 16.7 Å². The van der Waals surface area contributed by atoms with E-state index in [1.54, 1.807) is 0 Å². The predicted octanol–water partition coefficient (Wildman–Crippen LogP) is 3.93. The van der Waals surface area contributed by atoms with Gasteiger partial charge in [0.05, 0.1) is 5.41 Å². The van der Waals surface area contributed by atoms with Gasteiger partial charge in [-0.2, -0.15) is 0 Å². The maximum atomic E-state index is 7.52. The molecule has 0 fully saturated rings. The summed E-state index contributed by atoms with van der Waals surface area (Å²) in [7, 11) is 0. The number of nitrogens with two attached hydrogens (primary N) is 1. The first-order chi connectivity index (χ1) is 11.7. The molecule has 3 N–H and O–H groups in total. The van der Waals surface area contributed by atoms with Crippen molar-refractivity contribution < 1.29 is 4.74 Å². The Labute approximate surface area is 142 Å². The maximum absolute atomic E-state index is 7.52. The molecule has 0 saturated heterocycles. The summed E-state index contributed by atoms with van der Waals surface area (Å²) in [6.45, 7) is 0.264. The lowest BCUT2D eigenvalue weighted by Crippen LogP contribution is -2.36. The van der Waals surface area contributed by atoms with Crippen LogP contribution in [0.15, 0.2) is 91.0 Å². The quantitative estimate of drug-likeness (QED) is 0.425. The van der Waals surface area contributed by atoms with Crippen LogP contribution in [0.1, 0.15) is 16.7 Å². The highest BCUT2D eigenvalue weighted by molar-refractivity contribution is 5.68. The van der Waals surface area contributed by atoms with Crippen LogP contribution in [0, 0.1) is 5.41 Å². The van der Waals surface area contributed by atoms with Crippen LogP contribution in [0.2, 0.25) is 0 Å². The van der Waals surface area contributed by atoms with Crippen LogP contribution in [-0.4, -0.2) is 12.6 Å². The Balaban J connectivity index is 2.26. The fourth-order valence-electron chi connectivity index (χ4n) is 3.10. The van der Waals surface area contributed by atoms with Gasteiger partial charge >= 0.3 is 0 Å².